The van der Waals surface area contributed by atoms with Crippen molar-refractivity contribution >= 4 is 0 Å². The van der Waals surface area contributed by atoms with Gasteiger partial charge in [0.2, 0.25) is 0 Å². The number of nitrogens with zero attached hydrogens (tertiary/aromatic N) is 3. The van der Waals surface area contributed by atoms with Gasteiger partial charge in [-0.1, -0.05) is 18.2 Å². The van der Waals surface area contributed by atoms with Crippen LogP contribution in [0, 0.1) is 0 Å². The first-order valence-electron chi connectivity index (χ1n) is 6.81. The fraction of sp³-hybridized carbons (Fsp3) is 0.400. The molecule has 1 aliphatic rings. The number of para-hydroxylation sites is 1. The monoisotopic (exact) mass is 273 g/mol. The third-order valence-electron chi connectivity index (χ3n) is 3.65. The summed E-state index contributed by atoms with van der Waals surface area (Å²) in [6.45, 7) is 2.13. The van der Waals surface area contributed by atoms with Crippen LogP contribution in [-0.2, 0) is 13.6 Å². The van der Waals surface area contributed by atoms with Crippen molar-refractivity contribution < 1.29 is 9.84 Å². The van der Waals surface area contributed by atoms with Crippen molar-refractivity contribution in [1.29, 1.82) is 0 Å². The van der Waals surface area contributed by atoms with Gasteiger partial charge in [0.25, 0.3) is 0 Å². The molecule has 0 radical (unpaired) electrons. The van der Waals surface area contributed by atoms with Crippen LogP contribution in [0.5, 0.6) is 5.75 Å². The Bertz CT molecular complexity index is 555. The molecular weight excluding hydrogens is 254 g/mol. The number of rotatable bonds is 4. The summed E-state index contributed by atoms with van der Waals surface area (Å²) in [4.78, 5) is 2.19. The van der Waals surface area contributed by atoms with Gasteiger partial charge in [-0.15, -0.1) is 0 Å². The molecule has 0 amide bonds. The lowest BCUT2D eigenvalue weighted by Crippen LogP contribution is -2.29. The summed E-state index contributed by atoms with van der Waals surface area (Å²) in [5, 5.41) is 14.3. The van der Waals surface area contributed by atoms with Crippen molar-refractivity contribution in [3.63, 3.8) is 0 Å². The van der Waals surface area contributed by atoms with E-state index in [4.69, 9.17) is 4.74 Å². The Morgan fingerprint density at radius 3 is 2.75 bits per heavy atom. The Kier molecular flexibility index (Phi) is 3.71. The minimum atomic E-state index is -0.455. The lowest BCUT2D eigenvalue weighted by atomic mass is 10.2. The van der Waals surface area contributed by atoms with Gasteiger partial charge in [-0.3, -0.25) is 9.58 Å². The molecule has 1 aromatic heterocycles. The molecule has 106 valence electrons. The summed E-state index contributed by atoms with van der Waals surface area (Å²) >= 11 is 0. The zero-order valence-electron chi connectivity index (χ0n) is 11.5. The van der Waals surface area contributed by atoms with E-state index in [9.17, 15) is 5.11 Å². The predicted molar refractivity (Wildman–Crippen MR) is 75.3 cm³/mol. The first kappa shape index (κ1) is 13.1. The fourth-order valence-electron chi connectivity index (χ4n) is 2.54. The van der Waals surface area contributed by atoms with Crippen LogP contribution in [0.2, 0.25) is 0 Å². The largest absolute Gasteiger partial charge is 0.486 e. The van der Waals surface area contributed by atoms with Crippen LogP contribution in [0.25, 0.3) is 0 Å². The number of β-amino-alcohol motifs (C(OH)–C–C–N with tert-alkyl or cyclic N) is 1. The second-order valence-corrected chi connectivity index (χ2v) is 5.18. The van der Waals surface area contributed by atoms with Crippen LogP contribution in [0.15, 0.2) is 42.6 Å². The van der Waals surface area contributed by atoms with Gasteiger partial charge in [0.15, 0.2) is 0 Å². The minimum Gasteiger partial charge on any atom is -0.486 e. The number of aryl methyl sites for hydroxylation is 1. The Labute approximate surface area is 118 Å². The summed E-state index contributed by atoms with van der Waals surface area (Å²) in [7, 11) is 1.93. The van der Waals surface area contributed by atoms with Gasteiger partial charge >= 0.3 is 0 Å². The lowest BCUT2D eigenvalue weighted by Gasteiger charge is -2.17. The van der Waals surface area contributed by atoms with Crippen LogP contribution in [0.1, 0.15) is 5.69 Å². The van der Waals surface area contributed by atoms with Crippen LogP contribution < -0.4 is 4.74 Å². The number of aliphatic hydroxyl groups excluding tert-OH is 1. The summed E-state index contributed by atoms with van der Waals surface area (Å²) in [5.41, 5.74) is 1.14. The van der Waals surface area contributed by atoms with E-state index in [-0.39, 0.29) is 6.10 Å². The maximum Gasteiger partial charge on any atom is 0.138 e. The number of benzene rings is 1. The van der Waals surface area contributed by atoms with E-state index in [1.54, 1.807) is 6.20 Å². The lowest BCUT2D eigenvalue weighted by molar-refractivity contribution is 0.0737. The molecule has 5 heteroatoms. The average molecular weight is 273 g/mol. The molecule has 1 saturated heterocycles. The summed E-state index contributed by atoms with van der Waals surface area (Å²) < 4.78 is 7.71. The van der Waals surface area contributed by atoms with Gasteiger partial charge in [0.05, 0.1) is 5.69 Å². The number of hydrogen-bond donors (Lipinski definition) is 1. The van der Waals surface area contributed by atoms with Crippen molar-refractivity contribution in [3.05, 3.63) is 48.3 Å². The fourth-order valence-corrected chi connectivity index (χ4v) is 2.54. The van der Waals surface area contributed by atoms with Gasteiger partial charge in [0.1, 0.15) is 18.0 Å². The molecular formula is C15H19N3O2. The van der Waals surface area contributed by atoms with Crippen LogP contribution >= 0.6 is 0 Å². The van der Waals surface area contributed by atoms with Crippen molar-refractivity contribution in [2.45, 2.75) is 18.8 Å². The number of aliphatic hydroxyl groups is 1. The molecule has 2 heterocycles. The number of likely N-dealkylation sites (tertiary alicyclic amines) is 1. The summed E-state index contributed by atoms with van der Waals surface area (Å²) in [6, 6.07) is 11.6. The summed E-state index contributed by atoms with van der Waals surface area (Å²) in [5.74, 6) is 0.805. The van der Waals surface area contributed by atoms with Gasteiger partial charge in [-0.05, 0) is 18.2 Å². The van der Waals surface area contributed by atoms with E-state index < -0.39 is 6.10 Å². The molecule has 2 aromatic rings. The molecule has 0 aliphatic carbocycles. The minimum absolute atomic E-state index is 0.175. The Morgan fingerprint density at radius 2 is 2.05 bits per heavy atom. The van der Waals surface area contributed by atoms with Crippen LogP contribution in [-0.4, -0.2) is 45.1 Å². The Morgan fingerprint density at radius 1 is 1.25 bits per heavy atom. The smallest absolute Gasteiger partial charge is 0.138 e. The van der Waals surface area contributed by atoms with Crippen molar-refractivity contribution in [2.24, 2.45) is 7.05 Å². The van der Waals surface area contributed by atoms with Crippen molar-refractivity contribution in [2.75, 3.05) is 13.1 Å². The topological polar surface area (TPSA) is 50.5 Å². The predicted octanol–water partition coefficient (Wildman–Crippen LogP) is 1.04. The van der Waals surface area contributed by atoms with E-state index in [2.05, 4.69) is 10.00 Å². The second kappa shape index (κ2) is 5.64. The molecule has 0 saturated carbocycles. The van der Waals surface area contributed by atoms with Gasteiger partial charge in [-0.25, -0.2) is 0 Å². The van der Waals surface area contributed by atoms with Crippen LogP contribution in [0.4, 0.5) is 0 Å². The molecule has 20 heavy (non-hydrogen) atoms. The first-order chi connectivity index (χ1) is 9.72. The molecule has 0 unspecified atom stereocenters. The maximum absolute atomic E-state index is 10.1. The van der Waals surface area contributed by atoms with Gasteiger partial charge < -0.3 is 9.84 Å². The molecule has 1 N–H and O–H groups in total. The highest BCUT2D eigenvalue weighted by Gasteiger charge is 2.33. The van der Waals surface area contributed by atoms with E-state index in [1.165, 1.54) is 0 Å². The molecule has 3 rings (SSSR count). The molecule has 1 fully saturated rings. The molecule has 1 aliphatic heterocycles. The zero-order valence-corrected chi connectivity index (χ0v) is 11.5. The van der Waals surface area contributed by atoms with E-state index in [0.717, 1.165) is 24.5 Å². The Balaban J connectivity index is 1.61. The highest BCUT2D eigenvalue weighted by molar-refractivity contribution is 5.21. The van der Waals surface area contributed by atoms with E-state index in [0.29, 0.717) is 6.54 Å². The molecule has 5 nitrogen and oxygen atoms in total. The maximum atomic E-state index is 10.1. The van der Waals surface area contributed by atoms with Gasteiger partial charge in [-0.2, -0.15) is 5.10 Å². The normalized spacial score (nSPS) is 23.1. The number of ether oxygens (including phenoxy) is 1. The van der Waals surface area contributed by atoms with Crippen molar-refractivity contribution in [1.82, 2.24) is 14.7 Å². The third-order valence-corrected chi connectivity index (χ3v) is 3.65. The average Bonchev–Trinajstić information content (AvgIpc) is 2.99. The highest BCUT2D eigenvalue weighted by Crippen LogP contribution is 2.19. The standard InChI is InChI=1S/C15H19N3O2/c1-17-12(7-8-16-17)9-18-10-14(19)15(11-18)20-13-5-3-2-4-6-13/h2-8,14-15,19H,9-11H2,1H3/t14-,15-/m1/s1. The Hall–Kier alpha value is -1.85. The number of aromatic nitrogens is 2. The summed E-state index contributed by atoms with van der Waals surface area (Å²) in [6.07, 6.45) is 1.16. The second-order valence-electron chi connectivity index (χ2n) is 5.18. The molecule has 2 atom stereocenters. The first-order valence-corrected chi connectivity index (χ1v) is 6.81. The number of hydrogen-bond acceptors (Lipinski definition) is 4. The molecule has 1 aromatic carbocycles. The highest BCUT2D eigenvalue weighted by atomic mass is 16.5. The van der Waals surface area contributed by atoms with E-state index >= 15 is 0 Å². The van der Waals surface area contributed by atoms with Crippen LogP contribution in [0.3, 0.4) is 0 Å². The van der Waals surface area contributed by atoms with Gasteiger partial charge in [0, 0.05) is 32.9 Å². The molecule has 0 bridgehead atoms. The SMILES string of the molecule is Cn1nccc1CN1C[C@@H](O)[C@H](Oc2ccccc2)C1. The van der Waals surface area contributed by atoms with Crippen molar-refractivity contribution in [3.8, 4) is 5.75 Å². The zero-order chi connectivity index (χ0) is 13.9. The quantitative estimate of drug-likeness (QED) is 0.904. The third kappa shape index (κ3) is 2.84. The van der Waals surface area contributed by atoms with E-state index in [1.807, 2.05) is 48.1 Å². The molecule has 0 spiro atoms.